The molecule has 0 heterocycles. The van der Waals surface area contributed by atoms with Gasteiger partial charge in [0.25, 0.3) is 0 Å². The molecule has 0 aromatic heterocycles. The molecule has 0 saturated carbocycles. The highest BCUT2D eigenvalue weighted by Crippen LogP contribution is 2.28. The Bertz CT molecular complexity index is 389. The van der Waals surface area contributed by atoms with Gasteiger partial charge in [0.15, 0.2) is 0 Å². The van der Waals surface area contributed by atoms with Crippen molar-refractivity contribution in [3.05, 3.63) is 35.4 Å². The second-order valence-electron chi connectivity index (χ2n) is 7.06. The Balaban J connectivity index is 2.13. The maximum Gasteiger partial charge on any atom is 0.130 e. The Morgan fingerprint density at radius 2 is 1.27 bits per heavy atom. The van der Waals surface area contributed by atoms with Crippen molar-refractivity contribution >= 4 is 0 Å². The molecule has 1 aromatic carbocycles. The zero-order chi connectivity index (χ0) is 16.3. The number of alkyl halides is 1. The van der Waals surface area contributed by atoms with Gasteiger partial charge in [-0.2, -0.15) is 0 Å². The van der Waals surface area contributed by atoms with E-state index in [2.05, 4.69) is 13.0 Å². The minimum Gasteiger partial charge on any atom is -0.239 e. The van der Waals surface area contributed by atoms with Crippen molar-refractivity contribution in [3.63, 3.8) is 0 Å². The molecule has 1 heteroatoms. The molecule has 0 spiro atoms. The predicted octanol–water partition coefficient (Wildman–Crippen LogP) is 7.35. The van der Waals surface area contributed by atoms with Gasteiger partial charge < -0.3 is 0 Å². The fourth-order valence-electron chi connectivity index (χ4n) is 3.12. The fourth-order valence-corrected chi connectivity index (χ4v) is 3.12. The zero-order valence-electron chi connectivity index (χ0n) is 15.0. The highest BCUT2D eigenvalue weighted by molar-refractivity contribution is 5.31. The van der Waals surface area contributed by atoms with Crippen molar-refractivity contribution in [2.75, 3.05) is 0 Å². The lowest BCUT2D eigenvalue weighted by atomic mass is 9.91. The fraction of sp³-hybridized carbons (Fsp3) is 0.714. The lowest BCUT2D eigenvalue weighted by Crippen LogP contribution is -2.12. The van der Waals surface area contributed by atoms with E-state index in [1.165, 1.54) is 69.8 Å². The number of benzene rings is 1. The average Bonchev–Trinajstić information content (AvgIpc) is 2.48. The summed E-state index contributed by atoms with van der Waals surface area (Å²) in [6, 6.07) is 8.00. The maximum atomic E-state index is 14.2. The van der Waals surface area contributed by atoms with E-state index < -0.39 is 5.67 Å². The van der Waals surface area contributed by atoms with Gasteiger partial charge in [-0.15, -0.1) is 0 Å². The van der Waals surface area contributed by atoms with Gasteiger partial charge in [0.2, 0.25) is 0 Å². The van der Waals surface area contributed by atoms with Gasteiger partial charge in [-0.3, -0.25) is 0 Å². The lowest BCUT2D eigenvalue weighted by molar-refractivity contribution is 0.219. The summed E-state index contributed by atoms with van der Waals surface area (Å²) < 4.78 is 14.2. The molecule has 0 fully saturated rings. The molecule has 0 aliphatic carbocycles. The molecular formula is C21H35F. The average molecular weight is 307 g/mol. The van der Waals surface area contributed by atoms with E-state index >= 15 is 0 Å². The second-order valence-corrected chi connectivity index (χ2v) is 7.06. The molecule has 0 N–H and O–H groups in total. The highest BCUT2D eigenvalue weighted by atomic mass is 19.1. The zero-order valence-corrected chi connectivity index (χ0v) is 15.0. The molecule has 22 heavy (non-hydrogen) atoms. The van der Waals surface area contributed by atoms with Crippen LogP contribution in [0.25, 0.3) is 0 Å². The molecule has 0 bridgehead atoms. The van der Waals surface area contributed by atoms with Crippen molar-refractivity contribution in [2.45, 2.75) is 97.1 Å². The first-order chi connectivity index (χ1) is 10.6. The van der Waals surface area contributed by atoms with Crippen molar-refractivity contribution < 1.29 is 4.39 Å². The number of halogens is 1. The Labute approximate surface area is 137 Å². The van der Waals surface area contributed by atoms with Gasteiger partial charge in [0.1, 0.15) is 5.67 Å². The van der Waals surface area contributed by atoms with Crippen LogP contribution in [0.4, 0.5) is 4.39 Å². The maximum absolute atomic E-state index is 14.2. The Kier molecular flexibility index (Phi) is 9.43. The van der Waals surface area contributed by atoms with Crippen molar-refractivity contribution in [1.82, 2.24) is 0 Å². The summed E-state index contributed by atoms with van der Waals surface area (Å²) in [7, 11) is 0. The largest absolute Gasteiger partial charge is 0.239 e. The van der Waals surface area contributed by atoms with Gasteiger partial charge in [-0.05, 0) is 37.8 Å². The molecule has 0 amide bonds. The monoisotopic (exact) mass is 306 g/mol. The van der Waals surface area contributed by atoms with E-state index in [1.807, 2.05) is 18.2 Å². The number of hydrogen-bond acceptors (Lipinski definition) is 0. The van der Waals surface area contributed by atoms with Gasteiger partial charge in [0.05, 0.1) is 0 Å². The van der Waals surface area contributed by atoms with Gasteiger partial charge in [-0.25, -0.2) is 4.39 Å². The van der Waals surface area contributed by atoms with Crippen LogP contribution in [0.15, 0.2) is 24.3 Å². The third-order valence-electron chi connectivity index (χ3n) is 4.46. The first-order valence-corrected chi connectivity index (χ1v) is 9.33. The normalized spacial score (nSPS) is 11.8. The summed E-state index contributed by atoms with van der Waals surface area (Å²) >= 11 is 0. The molecule has 1 aromatic rings. The Morgan fingerprint density at radius 3 is 1.82 bits per heavy atom. The van der Waals surface area contributed by atoms with E-state index in [0.717, 1.165) is 12.0 Å². The van der Waals surface area contributed by atoms with Crippen LogP contribution >= 0.6 is 0 Å². The second kappa shape index (κ2) is 10.8. The number of rotatable bonds is 12. The van der Waals surface area contributed by atoms with Crippen LogP contribution in [-0.2, 0) is 12.1 Å². The summed E-state index contributed by atoms with van der Waals surface area (Å²) in [5.41, 5.74) is 0.829. The standard InChI is InChI=1S/C21H35F/c1-4-5-6-7-8-9-10-11-12-13-16-19-17-14-15-18-20(19)21(2,3)22/h14-15,17-18H,4-13,16H2,1-3H3. The summed E-state index contributed by atoms with van der Waals surface area (Å²) in [5, 5.41) is 0. The third kappa shape index (κ3) is 7.96. The Morgan fingerprint density at radius 1 is 0.773 bits per heavy atom. The Hall–Kier alpha value is -0.850. The van der Waals surface area contributed by atoms with Crippen molar-refractivity contribution in [2.24, 2.45) is 0 Å². The van der Waals surface area contributed by atoms with E-state index in [9.17, 15) is 4.39 Å². The van der Waals surface area contributed by atoms with Crippen LogP contribution in [0.2, 0.25) is 0 Å². The number of aryl methyl sites for hydroxylation is 1. The van der Waals surface area contributed by atoms with Crippen LogP contribution in [0.5, 0.6) is 0 Å². The smallest absolute Gasteiger partial charge is 0.130 e. The molecule has 126 valence electrons. The third-order valence-corrected chi connectivity index (χ3v) is 4.46. The van der Waals surface area contributed by atoms with E-state index in [4.69, 9.17) is 0 Å². The molecule has 0 nitrogen and oxygen atoms in total. The molecule has 0 radical (unpaired) electrons. The summed E-state index contributed by atoms with van der Waals surface area (Å²) in [5.74, 6) is 0. The first-order valence-electron chi connectivity index (χ1n) is 9.33. The van der Waals surface area contributed by atoms with Gasteiger partial charge >= 0.3 is 0 Å². The number of unbranched alkanes of at least 4 members (excludes halogenated alkanes) is 9. The van der Waals surface area contributed by atoms with E-state index in [1.54, 1.807) is 13.8 Å². The van der Waals surface area contributed by atoms with Crippen LogP contribution < -0.4 is 0 Å². The number of hydrogen-bond donors (Lipinski definition) is 0. The topological polar surface area (TPSA) is 0 Å². The van der Waals surface area contributed by atoms with Crippen LogP contribution in [0, 0.1) is 0 Å². The van der Waals surface area contributed by atoms with Gasteiger partial charge in [0, 0.05) is 0 Å². The summed E-state index contributed by atoms with van der Waals surface area (Å²) in [4.78, 5) is 0. The minimum atomic E-state index is -1.23. The first kappa shape index (κ1) is 19.2. The van der Waals surface area contributed by atoms with Crippen LogP contribution in [-0.4, -0.2) is 0 Å². The minimum absolute atomic E-state index is 0.867. The van der Waals surface area contributed by atoms with Gasteiger partial charge in [-0.1, -0.05) is 89.0 Å². The molecular weight excluding hydrogens is 271 g/mol. The van der Waals surface area contributed by atoms with Crippen molar-refractivity contribution in [1.29, 1.82) is 0 Å². The van der Waals surface area contributed by atoms with Crippen molar-refractivity contribution in [3.8, 4) is 0 Å². The predicted molar refractivity (Wildman–Crippen MR) is 96.1 cm³/mol. The van der Waals surface area contributed by atoms with Crippen LogP contribution in [0.1, 0.15) is 96.1 Å². The SMILES string of the molecule is CCCCCCCCCCCCc1ccccc1C(C)(C)F. The molecule has 0 aliphatic rings. The highest BCUT2D eigenvalue weighted by Gasteiger charge is 2.21. The lowest BCUT2D eigenvalue weighted by Gasteiger charge is -2.19. The quantitative estimate of drug-likeness (QED) is 0.354. The summed E-state index contributed by atoms with van der Waals surface area (Å²) in [6.45, 7) is 5.58. The molecule has 1 rings (SSSR count). The van der Waals surface area contributed by atoms with E-state index in [-0.39, 0.29) is 0 Å². The van der Waals surface area contributed by atoms with E-state index in [0.29, 0.717) is 0 Å². The molecule has 0 atom stereocenters. The molecule has 0 unspecified atom stereocenters. The molecule has 0 saturated heterocycles. The molecule has 0 aliphatic heterocycles. The summed E-state index contributed by atoms with van der Waals surface area (Å²) in [6.07, 6.45) is 14.5. The van der Waals surface area contributed by atoms with Crippen LogP contribution in [0.3, 0.4) is 0 Å².